The molecule has 0 heterocycles. The molecule has 13 heteroatoms. The van der Waals surface area contributed by atoms with Gasteiger partial charge in [0.25, 0.3) is 15.7 Å². The summed E-state index contributed by atoms with van der Waals surface area (Å²) in [6.07, 6.45) is 0. The number of benzene rings is 3. The maximum absolute atomic E-state index is 14.7. The Bertz CT molecular complexity index is 1580. The number of anilines is 1. The molecule has 0 radical (unpaired) electrons. The van der Waals surface area contributed by atoms with Crippen LogP contribution in [0.15, 0.2) is 71.6 Å². The quantitative estimate of drug-likeness (QED) is 0.222. The first kappa shape index (κ1) is 33.0. The fourth-order valence-electron chi connectivity index (χ4n) is 4.20. The van der Waals surface area contributed by atoms with Gasteiger partial charge >= 0.3 is 0 Å². The number of hydrogen-bond donors (Lipinski definition) is 1. The van der Waals surface area contributed by atoms with Crippen molar-refractivity contribution in [3.63, 3.8) is 0 Å². The summed E-state index contributed by atoms with van der Waals surface area (Å²) in [5.74, 6) is -1.33. The number of methoxy groups -OCH3 is 1. The molecule has 11 nitrogen and oxygen atoms in total. The van der Waals surface area contributed by atoms with Crippen molar-refractivity contribution in [2.24, 2.45) is 5.92 Å². The van der Waals surface area contributed by atoms with Gasteiger partial charge < -0.3 is 15.0 Å². The highest BCUT2D eigenvalue weighted by Gasteiger charge is 2.33. The van der Waals surface area contributed by atoms with Crippen molar-refractivity contribution in [3.8, 4) is 5.75 Å². The summed E-state index contributed by atoms with van der Waals surface area (Å²) in [6.45, 7) is 6.00. The van der Waals surface area contributed by atoms with E-state index < -0.39 is 55.7 Å². The van der Waals surface area contributed by atoms with Crippen LogP contribution in [-0.2, 0) is 26.2 Å². The second kappa shape index (κ2) is 14.1. The van der Waals surface area contributed by atoms with Gasteiger partial charge in [0.1, 0.15) is 24.2 Å². The molecule has 0 aromatic heterocycles. The van der Waals surface area contributed by atoms with Gasteiger partial charge in [-0.3, -0.25) is 24.0 Å². The Morgan fingerprint density at radius 2 is 1.70 bits per heavy atom. The molecule has 3 rings (SSSR count). The van der Waals surface area contributed by atoms with E-state index in [0.29, 0.717) is 12.3 Å². The molecule has 0 saturated carbocycles. The number of rotatable bonds is 13. The van der Waals surface area contributed by atoms with Crippen LogP contribution in [0.1, 0.15) is 31.9 Å². The molecule has 0 bridgehead atoms. The molecule has 230 valence electrons. The Kier molecular flexibility index (Phi) is 10.8. The number of nitrogens with one attached hydrogen (secondary N) is 1. The van der Waals surface area contributed by atoms with Gasteiger partial charge in [-0.2, -0.15) is 0 Å². The van der Waals surface area contributed by atoms with E-state index in [4.69, 9.17) is 4.74 Å². The van der Waals surface area contributed by atoms with Crippen LogP contribution in [0.25, 0.3) is 0 Å². The van der Waals surface area contributed by atoms with Crippen LogP contribution in [0.5, 0.6) is 5.75 Å². The number of nitro benzene ring substituents is 1. The van der Waals surface area contributed by atoms with E-state index in [1.165, 1.54) is 75.6 Å². The lowest BCUT2D eigenvalue weighted by molar-refractivity contribution is -0.385. The molecule has 0 fully saturated rings. The average molecular weight is 615 g/mol. The highest BCUT2D eigenvalue weighted by atomic mass is 32.2. The van der Waals surface area contributed by atoms with E-state index in [1.807, 2.05) is 13.8 Å². The SMILES string of the molecule is COc1ccc(N(CC(=O)N(Cc2ccccc2F)[C@H](C)C(=O)NCC(C)C)S(=O)(=O)c2ccc(C)c([N+](=O)[O-])c2)cc1. The molecule has 3 aromatic carbocycles. The molecule has 0 aliphatic carbocycles. The summed E-state index contributed by atoms with van der Waals surface area (Å²) in [7, 11) is -3.12. The van der Waals surface area contributed by atoms with E-state index in [-0.39, 0.29) is 29.3 Å². The third-order valence-corrected chi connectivity index (χ3v) is 8.52. The van der Waals surface area contributed by atoms with Crippen molar-refractivity contribution >= 4 is 33.2 Å². The second-order valence-corrected chi connectivity index (χ2v) is 12.2. The van der Waals surface area contributed by atoms with Crippen LogP contribution >= 0.6 is 0 Å². The van der Waals surface area contributed by atoms with E-state index >= 15 is 0 Å². The van der Waals surface area contributed by atoms with Crippen molar-refractivity contribution in [1.29, 1.82) is 0 Å². The lowest BCUT2D eigenvalue weighted by Crippen LogP contribution is -2.51. The number of nitrogens with zero attached hydrogens (tertiary/aromatic N) is 3. The highest BCUT2D eigenvalue weighted by Crippen LogP contribution is 2.29. The minimum atomic E-state index is -4.56. The summed E-state index contributed by atoms with van der Waals surface area (Å²) in [5, 5.41) is 14.3. The van der Waals surface area contributed by atoms with Crippen LogP contribution in [0, 0.1) is 28.8 Å². The topological polar surface area (TPSA) is 139 Å². The number of nitro groups is 1. The minimum Gasteiger partial charge on any atom is -0.497 e. The van der Waals surface area contributed by atoms with Gasteiger partial charge in [0.05, 0.1) is 22.6 Å². The van der Waals surface area contributed by atoms with Crippen molar-refractivity contribution in [2.75, 3.05) is 24.5 Å². The number of aryl methyl sites for hydroxylation is 1. The Labute approximate surface area is 250 Å². The predicted octanol–water partition coefficient (Wildman–Crippen LogP) is 4.44. The average Bonchev–Trinajstić information content (AvgIpc) is 2.97. The monoisotopic (exact) mass is 614 g/mol. The number of halogens is 1. The van der Waals surface area contributed by atoms with Gasteiger partial charge in [-0.25, -0.2) is 12.8 Å². The summed E-state index contributed by atoms with van der Waals surface area (Å²) >= 11 is 0. The molecule has 0 aliphatic rings. The van der Waals surface area contributed by atoms with Gasteiger partial charge in [-0.1, -0.05) is 38.1 Å². The zero-order chi connectivity index (χ0) is 31.9. The zero-order valence-corrected chi connectivity index (χ0v) is 25.4. The standard InChI is InChI=1S/C30H35FN4O7S/c1-20(2)17-32-30(37)22(4)33(18-23-8-6-7-9-27(23)31)29(36)19-34(24-11-13-25(42-5)14-12-24)43(40,41)26-15-10-21(3)28(16-26)35(38)39/h6-16,20,22H,17-19H2,1-5H3,(H,32,37)/t22-/m1/s1. The smallest absolute Gasteiger partial charge is 0.273 e. The first-order chi connectivity index (χ1) is 20.3. The number of ether oxygens (including phenoxy) is 1. The van der Waals surface area contributed by atoms with Crippen LogP contribution < -0.4 is 14.4 Å². The molecule has 0 saturated heterocycles. The largest absolute Gasteiger partial charge is 0.497 e. The van der Waals surface area contributed by atoms with E-state index in [2.05, 4.69) is 5.32 Å². The van der Waals surface area contributed by atoms with Crippen molar-refractivity contribution < 1.29 is 32.1 Å². The lowest BCUT2D eigenvalue weighted by atomic mass is 10.1. The van der Waals surface area contributed by atoms with Crippen LogP contribution in [0.3, 0.4) is 0 Å². The lowest BCUT2D eigenvalue weighted by Gasteiger charge is -2.32. The Balaban J connectivity index is 2.09. The maximum atomic E-state index is 14.7. The molecular weight excluding hydrogens is 579 g/mol. The van der Waals surface area contributed by atoms with E-state index in [1.54, 1.807) is 6.07 Å². The fraction of sp³-hybridized carbons (Fsp3) is 0.333. The molecular formula is C30H35FN4O7S. The third kappa shape index (κ3) is 8.07. The van der Waals surface area contributed by atoms with Gasteiger partial charge in [-0.15, -0.1) is 0 Å². The first-order valence-corrected chi connectivity index (χ1v) is 14.9. The number of amides is 2. The second-order valence-electron chi connectivity index (χ2n) is 10.3. The van der Waals surface area contributed by atoms with Crippen molar-refractivity contribution in [2.45, 2.75) is 45.2 Å². The first-order valence-electron chi connectivity index (χ1n) is 13.5. The maximum Gasteiger partial charge on any atom is 0.273 e. The molecule has 2 amide bonds. The molecule has 3 aromatic rings. The third-order valence-electron chi connectivity index (χ3n) is 6.75. The van der Waals surface area contributed by atoms with Gasteiger partial charge in [0.15, 0.2) is 0 Å². The summed E-state index contributed by atoms with van der Waals surface area (Å²) in [4.78, 5) is 38.6. The fourth-order valence-corrected chi connectivity index (χ4v) is 5.63. The molecule has 1 N–H and O–H groups in total. The Hall–Kier alpha value is -4.52. The highest BCUT2D eigenvalue weighted by molar-refractivity contribution is 7.92. The summed E-state index contributed by atoms with van der Waals surface area (Å²) < 4.78 is 48.6. The summed E-state index contributed by atoms with van der Waals surface area (Å²) in [5.41, 5.74) is 0.0551. The van der Waals surface area contributed by atoms with Gasteiger partial charge in [0.2, 0.25) is 11.8 Å². The van der Waals surface area contributed by atoms with Crippen LogP contribution in [-0.4, -0.2) is 56.3 Å². The van der Waals surface area contributed by atoms with Gasteiger partial charge in [0, 0.05) is 30.3 Å². The number of carbonyl (C=O) groups is 2. The van der Waals surface area contributed by atoms with Crippen molar-refractivity contribution in [1.82, 2.24) is 10.2 Å². The molecule has 0 spiro atoms. The van der Waals surface area contributed by atoms with Crippen LogP contribution in [0.4, 0.5) is 15.8 Å². The zero-order valence-electron chi connectivity index (χ0n) is 24.6. The molecule has 1 atom stereocenters. The van der Waals surface area contributed by atoms with Gasteiger partial charge in [-0.05, 0) is 56.2 Å². The number of carbonyl (C=O) groups excluding carboxylic acids is 2. The van der Waals surface area contributed by atoms with Crippen molar-refractivity contribution in [3.05, 3.63) is 93.8 Å². The predicted molar refractivity (Wildman–Crippen MR) is 160 cm³/mol. The Morgan fingerprint density at radius 1 is 1.05 bits per heavy atom. The van der Waals surface area contributed by atoms with E-state index in [0.717, 1.165) is 15.3 Å². The molecule has 0 aliphatic heterocycles. The number of hydrogen-bond acceptors (Lipinski definition) is 7. The summed E-state index contributed by atoms with van der Waals surface area (Å²) in [6, 6.07) is 14.0. The minimum absolute atomic E-state index is 0.0696. The number of sulfonamides is 1. The molecule has 43 heavy (non-hydrogen) atoms. The van der Waals surface area contributed by atoms with Crippen LogP contribution in [0.2, 0.25) is 0 Å². The normalized spacial score (nSPS) is 12.0. The molecule has 0 unspecified atom stereocenters. The van der Waals surface area contributed by atoms with E-state index in [9.17, 15) is 32.5 Å². The Morgan fingerprint density at radius 3 is 2.28 bits per heavy atom.